The lowest BCUT2D eigenvalue weighted by Gasteiger charge is -2.29. The smallest absolute Gasteiger partial charge is 0.227 e. The van der Waals surface area contributed by atoms with Gasteiger partial charge in [0, 0.05) is 35.5 Å². The molecule has 0 saturated carbocycles. The number of carbonyl (C=O) groups excluding carboxylic acids is 1. The lowest BCUT2D eigenvalue weighted by molar-refractivity contribution is -0.118. The zero-order valence-corrected chi connectivity index (χ0v) is 22.4. The lowest BCUT2D eigenvalue weighted by Crippen LogP contribution is -2.35. The van der Waals surface area contributed by atoms with Crippen LogP contribution in [0.4, 0.5) is 5.69 Å². The van der Waals surface area contributed by atoms with Crippen LogP contribution in [0.3, 0.4) is 0 Å². The van der Waals surface area contributed by atoms with E-state index in [0.717, 1.165) is 58.8 Å². The molecule has 0 radical (unpaired) electrons. The van der Waals surface area contributed by atoms with E-state index >= 15 is 0 Å². The van der Waals surface area contributed by atoms with E-state index in [0.29, 0.717) is 22.8 Å². The van der Waals surface area contributed by atoms with Crippen LogP contribution >= 0.6 is 11.8 Å². The number of aryl methyl sites for hydroxylation is 2. The fourth-order valence-corrected chi connectivity index (χ4v) is 5.70. The van der Waals surface area contributed by atoms with Gasteiger partial charge in [-0.1, -0.05) is 48.0 Å². The van der Waals surface area contributed by atoms with E-state index in [2.05, 4.69) is 12.1 Å². The van der Waals surface area contributed by atoms with Gasteiger partial charge in [0.25, 0.3) is 0 Å². The Morgan fingerprint density at radius 1 is 1.05 bits per heavy atom. The van der Waals surface area contributed by atoms with Crippen molar-refractivity contribution in [3.05, 3.63) is 95.6 Å². The topological polar surface area (TPSA) is 66.2 Å². The number of rotatable bonds is 7. The first-order chi connectivity index (χ1) is 18.6. The van der Waals surface area contributed by atoms with Gasteiger partial charge in [0.05, 0.1) is 18.4 Å². The normalized spacial score (nSPS) is 12.5. The largest absolute Gasteiger partial charge is 0.497 e. The zero-order chi connectivity index (χ0) is 26.5. The van der Waals surface area contributed by atoms with Crippen LogP contribution in [0.1, 0.15) is 29.5 Å². The fourth-order valence-electron chi connectivity index (χ4n) is 4.77. The highest BCUT2D eigenvalue weighted by atomic mass is 32.2. The number of fused-ring (bicyclic) bond motifs is 1. The highest BCUT2D eigenvalue weighted by molar-refractivity contribution is 7.99. The molecule has 0 spiro atoms. The Balaban J connectivity index is 1.43. The van der Waals surface area contributed by atoms with Gasteiger partial charge >= 0.3 is 0 Å². The van der Waals surface area contributed by atoms with Crippen LogP contribution in [0.2, 0.25) is 0 Å². The number of hydrogen-bond donors (Lipinski definition) is 0. The molecule has 5 rings (SSSR count). The third-order valence-electron chi connectivity index (χ3n) is 6.81. The van der Waals surface area contributed by atoms with Crippen molar-refractivity contribution in [3.8, 4) is 34.2 Å². The summed E-state index contributed by atoms with van der Waals surface area (Å²) in [7, 11) is 1.64. The van der Waals surface area contributed by atoms with Crippen molar-refractivity contribution in [1.29, 1.82) is 5.26 Å². The summed E-state index contributed by atoms with van der Waals surface area (Å²) >= 11 is 1.47. The minimum atomic E-state index is 0.105. The highest BCUT2D eigenvalue weighted by Gasteiger charge is 2.22. The number of thioether (sulfide) groups is 1. The molecule has 0 aliphatic carbocycles. The molecule has 1 aromatic heterocycles. The molecule has 190 valence electrons. The number of benzene rings is 3. The second kappa shape index (κ2) is 11.5. The molecule has 1 aliphatic heterocycles. The Morgan fingerprint density at radius 2 is 1.79 bits per heavy atom. The molecule has 0 fully saturated rings. The van der Waals surface area contributed by atoms with Crippen LogP contribution in [-0.4, -0.2) is 30.3 Å². The van der Waals surface area contributed by atoms with E-state index in [9.17, 15) is 10.1 Å². The summed E-state index contributed by atoms with van der Waals surface area (Å²) in [5, 5.41) is 10.8. The molecule has 38 heavy (non-hydrogen) atoms. The summed E-state index contributed by atoms with van der Waals surface area (Å²) in [6.45, 7) is 2.79. The molecule has 4 aromatic rings. The first kappa shape index (κ1) is 25.6. The molecule has 3 aromatic carbocycles. The van der Waals surface area contributed by atoms with Gasteiger partial charge in [-0.25, -0.2) is 4.98 Å². The maximum absolute atomic E-state index is 13.2. The van der Waals surface area contributed by atoms with Gasteiger partial charge in [-0.2, -0.15) is 5.26 Å². The maximum atomic E-state index is 13.2. The fraction of sp³-hybridized carbons (Fsp3) is 0.219. The summed E-state index contributed by atoms with van der Waals surface area (Å²) in [6.07, 6.45) is 2.35. The molecule has 1 amide bonds. The van der Waals surface area contributed by atoms with E-state index in [1.165, 1.54) is 17.3 Å². The number of amides is 1. The van der Waals surface area contributed by atoms with Gasteiger partial charge in [-0.05, 0) is 67.3 Å². The molecule has 0 saturated heterocycles. The van der Waals surface area contributed by atoms with Crippen LogP contribution < -0.4 is 9.64 Å². The summed E-state index contributed by atoms with van der Waals surface area (Å²) < 4.78 is 5.31. The average Bonchev–Trinajstić information content (AvgIpc) is 2.97. The van der Waals surface area contributed by atoms with Crippen molar-refractivity contribution in [2.24, 2.45) is 0 Å². The minimum Gasteiger partial charge on any atom is -0.497 e. The molecule has 0 N–H and O–H groups in total. The van der Waals surface area contributed by atoms with Crippen molar-refractivity contribution in [2.75, 3.05) is 24.3 Å². The van der Waals surface area contributed by atoms with E-state index in [4.69, 9.17) is 9.72 Å². The standard InChI is InChI=1S/C32H29N3O2S/c1-22-9-11-23(12-10-22)27-20-29(24-13-15-26(37-2)16-14-24)34-32(28(27)21-33)38-19-17-31(36)35-18-5-7-25-6-3-4-8-30(25)35/h3-4,6,8-16,20H,5,7,17-19H2,1-2H3. The molecule has 0 unspecified atom stereocenters. The van der Waals surface area contributed by atoms with E-state index in [1.54, 1.807) is 7.11 Å². The average molecular weight is 520 g/mol. The third kappa shape index (κ3) is 5.44. The number of nitriles is 1. The summed E-state index contributed by atoms with van der Waals surface area (Å²) in [6, 6.07) is 28.4. The number of ether oxygens (including phenoxy) is 1. The SMILES string of the molecule is COc1ccc(-c2cc(-c3ccc(C)cc3)c(C#N)c(SCCC(=O)N3CCCc4ccccc43)n2)cc1. The van der Waals surface area contributed by atoms with Gasteiger partial charge in [0.15, 0.2) is 0 Å². The molecule has 2 heterocycles. The third-order valence-corrected chi connectivity index (χ3v) is 7.79. The van der Waals surface area contributed by atoms with Crippen LogP contribution in [0.5, 0.6) is 5.75 Å². The van der Waals surface area contributed by atoms with Crippen LogP contribution in [0, 0.1) is 18.3 Å². The molecular formula is C32H29N3O2S. The first-order valence-corrected chi connectivity index (χ1v) is 13.7. The van der Waals surface area contributed by atoms with Crippen molar-refractivity contribution >= 4 is 23.4 Å². The number of carbonyl (C=O) groups is 1. The monoisotopic (exact) mass is 519 g/mol. The van der Waals surface area contributed by atoms with Crippen molar-refractivity contribution in [1.82, 2.24) is 4.98 Å². The van der Waals surface area contributed by atoms with Crippen LogP contribution in [0.15, 0.2) is 83.9 Å². The van der Waals surface area contributed by atoms with Gasteiger partial charge in [0.1, 0.15) is 16.8 Å². The van der Waals surface area contributed by atoms with Crippen molar-refractivity contribution in [3.63, 3.8) is 0 Å². The van der Waals surface area contributed by atoms with Gasteiger partial charge in [-0.3, -0.25) is 4.79 Å². The summed E-state index contributed by atoms with van der Waals surface area (Å²) in [5.41, 5.74) is 7.46. The van der Waals surface area contributed by atoms with Gasteiger partial charge in [0.2, 0.25) is 5.91 Å². The van der Waals surface area contributed by atoms with Gasteiger partial charge < -0.3 is 9.64 Å². The number of anilines is 1. The summed E-state index contributed by atoms with van der Waals surface area (Å²) in [5.74, 6) is 1.42. The minimum absolute atomic E-state index is 0.105. The van der Waals surface area contributed by atoms with Gasteiger partial charge in [-0.15, -0.1) is 11.8 Å². The summed E-state index contributed by atoms with van der Waals surface area (Å²) in [4.78, 5) is 20.0. The number of methoxy groups -OCH3 is 1. The predicted octanol–water partition coefficient (Wildman–Crippen LogP) is 7.07. The molecule has 0 atom stereocenters. The molecular weight excluding hydrogens is 490 g/mol. The number of hydrogen-bond acceptors (Lipinski definition) is 5. The second-order valence-corrected chi connectivity index (χ2v) is 10.4. The maximum Gasteiger partial charge on any atom is 0.227 e. The number of pyridine rings is 1. The number of nitrogens with zero attached hydrogens (tertiary/aromatic N) is 3. The van der Waals surface area contributed by atoms with Crippen LogP contribution in [-0.2, 0) is 11.2 Å². The predicted molar refractivity (Wildman–Crippen MR) is 154 cm³/mol. The van der Waals surface area contributed by atoms with Crippen molar-refractivity contribution < 1.29 is 9.53 Å². The molecule has 1 aliphatic rings. The molecule has 6 heteroatoms. The quantitative estimate of drug-likeness (QED) is 0.244. The number of aromatic nitrogens is 1. The molecule has 5 nitrogen and oxygen atoms in total. The van der Waals surface area contributed by atoms with E-state index in [1.807, 2.05) is 84.6 Å². The zero-order valence-electron chi connectivity index (χ0n) is 21.6. The second-order valence-electron chi connectivity index (χ2n) is 9.32. The lowest BCUT2D eigenvalue weighted by atomic mass is 9.98. The molecule has 0 bridgehead atoms. The number of para-hydroxylation sites is 1. The Labute approximate surface area is 228 Å². The Kier molecular flexibility index (Phi) is 7.76. The Hall–Kier alpha value is -4.08. The Morgan fingerprint density at radius 3 is 2.53 bits per heavy atom. The Bertz CT molecular complexity index is 1490. The van der Waals surface area contributed by atoms with Crippen LogP contribution in [0.25, 0.3) is 22.4 Å². The first-order valence-electron chi connectivity index (χ1n) is 12.7. The van der Waals surface area contributed by atoms with E-state index in [-0.39, 0.29) is 5.91 Å². The highest BCUT2D eigenvalue weighted by Crippen LogP contribution is 2.35. The van der Waals surface area contributed by atoms with E-state index < -0.39 is 0 Å². The van der Waals surface area contributed by atoms with Crippen molar-refractivity contribution in [2.45, 2.75) is 31.2 Å².